The van der Waals surface area contributed by atoms with Crippen LogP contribution in [0.25, 0.3) is 0 Å². The van der Waals surface area contributed by atoms with Crippen molar-refractivity contribution in [3.05, 3.63) is 50.1 Å². The van der Waals surface area contributed by atoms with E-state index in [1.807, 2.05) is 17.5 Å². The fraction of sp³-hybridized carbons (Fsp3) is 0.143. The lowest BCUT2D eigenvalue weighted by Crippen LogP contribution is -2.19. The molecule has 96 valence electrons. The number of ketones is 1. The Morgan fingerprint density at radius 2 is 2.05 bits per heavy atom. The minimum Gasteiger partial charge on any atom is -0.326 e. The summed E-state index contributed by atoms with van der Waals surface area (Å²) in [5.74, 6) is 0.0509. The molecule has 0 unspecified atom stereocenters. The Hall–Kier alpha value is -1.46. The van der Waals surface area contributed by atoms with Crippen molar-refractivity contribution in [3.8, 4) is 0 Å². The molecule has 0 bridgehead atoms. The highest BCUT2D eigenvalue weighted by atomic mass is 79.9. The highest BCUT2D eigenvalue weighted by molar-refractivity contribution is 9.11. The second-order valence-corrected chi connectivity index (χ2v) is 6.68. The van der Waals surface area contributed by atoms with E-state index in [0.29, 0.717) is 24.0 Å². The predicted octanol–water partition coefficient (Wildman–Crippen LogP) is 3.63. The van der Waals surface area contributed by atoms with Gasteiger partial charge in [-0.2, -0.15) is 0 Å². The van der Waals surface area contributed by atoms with Crippen LogP contribution in [0.3, 0.4) is 0 Å². The summed E-state index contributed by atoms with van der Waals surface area (Å²) in [4.78, 5) is 23.6. The Balaban J connectivity index is 1.94. The molecule has 0 fully saturated rings. The molecule has 2 aromatic rings. The van der Waals surface area contributed by atoms with E-state index in [1.54, 1.807) is 12.1 Å². The molecule has 5 heteroatoms. The summed E-state index contributed by atoms with van der Waals surface area (Å²) in [6, 6.07) is 7.27. The van der Waals surface area contributed by atoms with E-state index in [-0.39, 0.29) is 11.7 Å². The molecule has 1 aromatic heterocycles. The van der Waals surface area contributed by atoms with Crippen LogP contribution in [0.15, 0.2) is 33.4 Å². The fourth-order valence-electron chi connectivity index (χ4n) is 2.12. The maximum atomic E-state index is 12.3. The van der Waals surface area contributed by atoms with Crippen LogP contribution < -0.4 is 5.32 Å². The Morgan fingerprint density at radius 3 is 2.79 bits per heavy atom. The van der Waals surface area contributed by atoms with E-state index >= 15 is 0 Å². The highest BCUT2D eigenvalue weighted by Crippen LogP contribution is 2.27. The molecule has 1 aliphatic heterocycles. The summed E-state index contributed by atoms with van der Waals surface area (Å²) in [7, 11) is 0. The van der Waals surface area contributed by atoms with Crippen molar-refractivity contribution < 1.29 is 9.59 Å². The third kappa shape index (κ3) is 2.48. The van der Waals surface area contributed by atoms with Crippen molar-refractivity contribution in [1.82, 2.24) is 0 Å². The number of nitrogens with one attached hydrogen (secondary N) is 1. The van der Waals surface area contributed by atoms with Gasteiger partial charge in [0.25, 0.3) is 0 Å². The molecule has 1 amide bonds. The zero-order valence-corrected chi connectivity index (χ0v) is 12.3. The van der Waals surface area contributed by atoms with Crippen molar-refractivity contribution in [3.63, 3.8) is 0 Å². The average molecular weight is 336 g/mol. The van der Waals surface area contributed by atoms with E-state index < -0.39 is 0 Å². The second-order valence-electron chi connectivity index (χ2n) is 4.39. The van der Waals surface area contributed by atoms with Gasteiger partial charge in [-0.3, -0.25) is 9.59 Å². The third-order valence-corrected chi connectivity index (χ3v) is 4.60. The lowest BCUT2D eigenvalue weighted by atomic mass is 9.97. The molecule has 0 radical (unpaired) electrons. The van der Waals surface area contributed by atoms with Gasteiger partial charge in [0.2, 0.25) is 5.91 Å². The van der Waals surface area contributed by atoms with Crippen LogP contribution >= 0.6 is 27.3 Å². The summed E-state index contributed by atoms with van der Waals surface area (Å²) < 4.78 is 0.945. The van der Waals surface area contributed by atoms with Crippen molar-refractivity contribution >= 4 is 44.6 Å². The first-order chi connectivity index (χ1) is 9.13. The van der Waals surface area contributed by atoms with Gasteiger partial charge in [-0.05, 0) is 52.2 Å². The molecule has 0 saturated heterocycles. The van der Waals surface area contributed by atoms with Crippen LogP contribution in [0.4, 0.5) is 5.69 Å². The molecule has 19 heavy (non-hydrogen) atoms. The molecular weight excluding hydrogens is 326 g/mol. The minimum atomic E-state index is 0.0154. The van der Waals surface area contributed by atoms with Crippen molar-refractivity contribution in [2.75, 3.05) is 5.32 Å². The molecule has 1 aliphatic rings. The summed E-state index contributed by atoms with van der Waals surface area (Å²) >= 11 is 4.85. The van der Waals surface area contributed by atoms with Gasteiger partial charge in [-0.25, -0.2) is 0 Å². The first-order valence-corrected chi connectivity index (χ1v) is 7.52. The van der Waals surface area contributed by atoms with Gasteiger partial charge in [0.1, 0.15) is 0 Å². The number of hydrogen-bond donors (Lipinski definition) is 1. The number of benzene rings is 1. The van der Waals surface area contributed by atoms with Crippen molar-refractivity contribution in [2.24, 2.45) is 0 Å². The van der Waals surface area contributed by atoms with E-state index in [9.17, 15) is 9.59 Å². The van der Waals surface area contributed by atoms with Gasteiger partial charge in [-0.15, -0.1) is 11.3 Å². The molecule has 2 heterocycles. The Bertz CT molecular complexity index is 678. The standard InChI is InChI=1S/C14H10BrNO2S/c15-12-6-10(7-19-12)14(18)9-1-3-11-8(5-9)2-4-13(17)16-11/h1,3,5-7H,2,4H2,(H,16,17). The van der Waals surface area contributed by atoms with Crippen LogP contribution in [0.1, 0.15) is 27.9 Å². The molecule has 1 N–H and O–H groups in total. The van der Waals surface area contributed by atoms with E-state index in [4.69, 9.17) is 0 Å². The molecular formula is C14H10BrNO2S. The summed E-state index contributed by atoms with van der Waals surface area (Å²) in [6.07, 6.45) is 1.17. The van der Waals surface area contributed by atoms with Crippen molar-refractivity contribution in [1.29, 1.82) is 0 Å². The Kier molecular flexibility index (Phi) is 3.24. The number of carbonyl (C=O) groups excluding carboxylic acids is 2. The van der Waals surface area contributed by atoms with Crippen LogP contribution in [0, 0.1) is 0 Å². The van der Waals surface area contributed by atoms with Crippen LogP contribution in [0.5, 0.6) is 0 Å². The monoisotopic (exact) mass is 335 g/mol. The number of hydrogen-bond acceptors (Lipinski definition) is 3. The fourth-order valence-corrected chi connectivity index (χ4v) is 3.26. The topological polar surface area (TPSA) is 46.2 Å². The number of halogens is 1. The highest BCUT2D eigenvalue weighted by Gasteiger charge is 2.17. The second kappa shape index (κ2) is 4.90. The molecule has 3 nitrogen and oxygen atoms in total. The molecule has 0 spiro atoms. The molecule has 1 aromatic carbocycles. The third-order valence-electron chi connectivity index (χ3n) is 3.09. The summed E-state index contributed by atoms with van der Waals surface area (Å²) in [6.45, 7) is 0. The van der Waals surface area contributed by atoms with Crippen molar-refractivity contribution in [2.45, 2.75) is 12.8 Å². The Labute approximate surface area is 122 Å². The summed E-state index contributed by atoms with van der Waals surface area (Å²) in [5.41, 5.74) is 3.20. The lowest BCUT2D eigenvalue weighted by Gasteiger charge is -2.17. The SMILES string of the molecule is O=C1CCc2cc(C(=O)c3csc(Br)c3)ccc2N1. The van der Waals surface area contributed by atoms with Gasteiger partial charge in [0.05, 0.1) is 3.79 Å². The minimum absolute atomic E-state index is 0.0154. The number of fused-ring (bicyclic) bond motifs is 1. The summed E-state index contributed by atoms with van der Waals surface area (Å²) in [5, 5.41) is 4.66. The largest absolute Gasteiger partial charge is 0.326 e. The van der Waals surface area contributed by atoms with Gasteiger partial charge in [0.15, 0.2) is 5.78 Å². The predicted molar refractivity (Wildman–Crippen MR) is 78.8 cm³/mol. The van der Waals surface area contributed by atoms with Crippen LogP contribution in [-0.4, -0.2) is 11.7 Å². The maximum Gasteiger partial charge on any atom is 0.224 e. The Morgan fingerprint density at radius 1 is 1.21 bits per heavy atom. The number of anilines is 1. The van der Waals surface area contributed by atoms with Gasteiger partial charge < -0.3 is 5.32 Å². The quantitative estimate of drug-likeness (QED) is 0.852. The van der Waals surface area contributed by atoms with Gasteiger partial charge >= 0.3 is 0 Å². The normalized spacial score (nSPS) is 13.8. The van der Waals surface area contributed by atoms with E-state index in [1.165, 1.54) is 11.3 Å². The molecule has 0 atom stereocenters. The van der Waals surface area contributed by atoms with Gasteiger partial charge in [0, 0.05) is 28.6 Å². The molecule has 0 saturated carbocycles. The smallest absolute Gasteiger partial charge is 0.224 e. The van der Waals surface area contributed by atoms with E-state index in [2.05, 4.69) is 21.2 Å². The van der Waals surface area contributed by atoms with Crippen LogP contribution in [-0.2, 0) is 11.2 Å². The zero-order chi connectivity index (χ0) is 13.4. The van der Waals surface area contributed by atoms with Gasteiger partial charge in [-0.1, -0.05) is 0 Å². The number of rotatable bonds is 2. The average Bonchev–Trinajstić information content (AvgIpc) is 2.84. The maximum absolute atomic E-state index is 12.3. The first kappa shape index (κ1) is 12.6. The van der Waals surface area contributed by atoms with E-state index in [0.717, 1.165) is 15.0 Å². The number of amides is 1. The number of aryl methyl sites for hydroxylation is 1. The number of thiophene rings is 1. The lowest BCUT2D eigenvalue weighted by molar-refractivity contribution is -0.116. The molecule has 0 aliphatic carbocycles. The zero-order valence-electron chi connectivity index (χ0n) is 9.90. The molecule has 3 rings (SSSR count). The first-order valence-electron chi connectivity index (χ1n) is 5.85. The van der Waals surface area contributed by atoms with Crippen LogP contribution in [0.2, 0.25) is 0 Å². The number of carbonyl (C=O) groups is 2.